The minimum Gasteiger partial charge on any atom is -0.381 e. The van der Waals surface area contributed by atoms with E-state index in [9.17, 15) is 0 Å². The van der Waals surface area contributed by atoms with E-state index in [1.54, 1.807) is 11.3 Å². The molecule has 4 rings (SSSR count). The Bertz CT molecular complexity index is 667. The maximum atomic E-state index is 5.67. The van der Waals surface area contributed by atoms with Crippen molar-refractivity contribution < 1.29 is 9.30 Å². The number of ether oxygens (including phenoxy) is 1. The maximum Gasteiger partial charge on any atom is 0.185 e. The molecule has 1 saturated carbocycles. The molecule has 2 aliphatic carbocycles. The number of pyridine rings is 1. The molecule has 1 aromatic heterocycles. The van der Waals surface area contributed by atoms with Gasteiger partial charge in [0.15, 0.2) is 18.4 Å². The van der Waals surface area contributed by atoms with Crippen LogP contribution in [0.2, 0.25) is 0 Å². The molecule has 0 aliphatic heterocycles. The van der Waals surface area contributed by atoms with Gasteiger partial charge < -0.3 is 4.74 Å². The lowest BCUT2D eigenvalue weighted by Crippen LogP contribution is -2.43. The fraction of sp³-hybridized carbons (Fsp3) is 0.476. The fourth-order valence-corrected chi connectivity index (χ4v) is 4.61. The molecule has 1 fully saturated rings. The second-order valence-corrected chi connectivity index (χ2v) is 7.10. The summed E-state index contributed by atoms with van der Waals surface area (Å²) in [5.74, 6) is 1.56. The Morgan fingerprint density at radius 3 is 2.74 bits per heavy atom. The zero-order valence-electron chi connectivity index (χ0n) is 13.9. The summed E-state index contributed by atoms with van der Waals surface area (Å²) < 4.78 is 8.14. The van der Waals surface area contributed by atoms with Gasteiger partial charge in [-0.2, -0.15) is 4.57 Å². The van der Waals surface area contributed by atoms with Gasteiger partial charge in [-0.1, -0.05) is 30.3 Å². The first-order valence-corrected chi connectivity index (χ1v) is 8.93. The fourth-order valence-electron chi connectivity index (χ4n) is 4.61. The third-order valence-electron chi connectivity index (χ3n) is 5.85. The second-order valence-electron chi connectivity index (χ2n) is 7.10. The number of methoxy groups -OCH3 is 1. The van der Waals surface area contributed by atoms with E-state index in [-0.39, 0.29) is 0 Å². The number of hydrogen-bond acceptors (Lipinski definition) is 1. The Labute approximate surface area is 139 Å². The SMILES string of the molecule is COC1CCC2CCc3c(ccc[n+]3Cc3ccccc3)C2C1. The van der Waals surface area contributed by atoms with E-state index in [0.29, 0.717) is 12.0 Å². The molecule has 3 atom stereocenters. The predicted molar refractivity (Wildman–Crippen MR) is 91.4 cm³/mol. The van der Waals surface area contributed by atoms with Gasteiger partial charge in [-0.05, 0) is 43.6 Å². The van der Waals surface area contributed by atoms with E-state index in [1.807, 2.05) is 7.11 Å². The summed E-state index contributed by atoms with van der Waals surface area (Å²) in [7, 11) is 1.87. The average Bonchev–Trinajstić information content (AvgIpc) is 2.62. The minimum absolute atomic E-state index is 0.449. The number of fused-ring (bicyclic) bond motifs is 3. The predicted octanol–water partition coefficient (Wildman–Crippen LogP) is 3.87. The second kappa shape index (κ2) is 6.45. The lowest BCUT2D eigenvalue weighted by Gasteiger charge is -2.38. The van der Waals surface area contributed by atoms with Crippen LogP contribution in [0.5, 0.6) is 0 Å². The van der Waals surface area contributed by atoms with Crippen LogP contribution in [0.15, 0.2) is 48.7 Å². The van der Waals surface area contributed by atoms with Crippen LogP contribution in [0.4, 0.5) is 0 Å². The van der Waals surface area contributed by atoms with Crippen LogP contribution in [-0.4, -0.2) is 13.2 Å². The molecule has 0 N–H and O–H groups in total. The Balaban J connectivity index is 1.65. The minimum atomic E-state index is 0.449. The molecule has 3 unspecified atom stereocenters. The molecule has 1 heterocycles. The summed E-state index contributed by atoms with van der Waals surface area (Å²) >= 11 is 0. The van der Waals surface area contributed by atoms with Crippen LogP contribution in [0, 0.1) is 5.92 Å². The maximum absolute atomic E-state index is 5.67. The molecule has 0 amide bonds. The van der Waals surface area contributed by atoms with Gasteiger partial charge in [0.1, 0.15) is 0 Å². The van der Waals surface area contributed by atoms with Crippen LogP contribution in [-0.2, 0) is 17.7 Å². The highest BCUT2D eigenvalue weighted by Crippen LogP contribution is 2.44. The summed E-state index contributed by atoms with van der Waals surface area (Å²) in [6.07, 6.45) is 9.03. The van der Waals surface area contributed by atoms with Crippen LogP contribution in [0.1, 0.15) is 48.4 Å². The number of hydrogen-bond donors (Lipinski definition) is 0. The molecule has 0 spiro atoms. The average molecular weight is 308 g/mol. The highest BCUT2D eigenvalue weighted by Gasteiger charge is 2.38. The summed E-state index contributed by atoms with van der Waals surface area (Å²) in [4.78, 5) is 0. The van der Waals surface area contributed by atoms with Gasteiger partial charge in [0.05, 0.1) is 6.10 Å². The molecule has 0 saturated heterocycles. The van der Waals surface area contributed by atoms with E-state index >= 15 is 0 Å². The van der Waals surface area contributed by atoms with E-state index in [2.05, 4.69) is 53.2 Å². The third-order valence-corrected chi connectivity index (χ3v) is 5.85. The van der Waals surface area contributed by atoms with Crippen molar-refractivity contribution in [2.24, 2.45) is 5.92 Å². The van der Waals surface area contributed by atoms with Gasteiger partial charge in [0.25, 0.3) is 0 Å². The summed E-state index contributed by atoms with van der Waals surface area (Å²) in [5.41, 5.74) is 4.52. The lowest BCUT2D eigenvalue weighted by molar-refractivity contribution is -0.696. The Morgan fingerprint density at radius 2 is 1.91 bits per heavy atom. The molecule has 2 aliphatic rings. The molecule has 23 heavy (non-hydrogen) atoms. The highest BCUT2D eigenvalue weighted by atomic mass is 16.5. The number of benzene rings is 1. The molecule has 2 nitrogen and oxygen atoms in total. The van der Waals surface area contributed by atoms with Gasteiger partial charge in [0.2, 0.25) is 0 Å². The van der Waals surface area contributed by atoms with Gasteiger partial charge in [0, 0.05) is 30.7 Å². The Kier molecular flexibility index (Phi) is 4.17. The van der Waals surface area contributed by atoms with Crippen molar-refractivity contribution in [3.63, 3.8) is 0 Å². The molecular weight excluding hydrogens is 282 g/mol. The standard InChI is InChI=1S/C21H26NO/c1-23-18-11-9-17-10-12-21-19(20(17)14-18)8-5-13-22(21)15-16-6-3-2-4-7-16/h2-8,13,17-18,20H,9-12,14-15H2,1H3/q+1. The van der Waals surface area contributed by atoms with Gasteiger partial charge >= 0.3 is 0 Å². The number of nitrogens with zero attached hydrogens (tertiary/aromatic N) is 1. The molecule has 0 bridgehead atoms. The molecule has 120 valence electrons. The lowest BCUT2D eigenvalue weighted by atomic mass is 9.68. The molecule has 0 radical (unpaired) electrons. The van der Waals surface area contributed by atoms with E-state index in [0.717, 1.165) is 12.5 Å². The van der Waals surface area contributed by atoms with Crippen molar-refractivity contribution in [3.05, 3.63) is 65.5 Å². The largest absolute Gasteiger partial charge is 0.381 e. The normalized spacial score (nSPS) is 26.4. The summed E-state index contributed by atoms with van der Waals surface area (Å²) in [6, 6.07) is 15.4. The molecule has 1 aromatic carbocycles. The van der Waals surface area contributed by atoms with Crippen molar-refractivity contribution in [3.8, 4) is 0 Å². The Morgan fingerprint density at radius 1 is 1.04 bits per heavy atom. The zero-order valence-corrected chi connectivity index (χ0v) is 13.9. The number of aromatic nitrogens is 1. The summed E-state index contributed by atoms with van der Waals surface area (Å²) in [5, 5.41) is 0. The monoisotopic (exact) mass is 308 g/mol. The van der Waals surface area contributed by atoms with Gasteiger partial charge in [-0.15, -0.1) is 0 Å². The first-order chi connectivity index (χ1) is 11.3. The van der Waals surface area contributed by atoms with Crippen molar-refractivity contribution >= 4 is 0 Å². The third kappa shape index (κ3) is 2.92. The van der Waals surface area contributed by atoms with Crippen molar-refractivity contribution in [2.75, 3.05) is 7.11 Å². The van der Waals surface area contributed by atoms with Crippen molar-refractivity contribution in [2.45, 2.75) is 50.7 Å². The van der Waals surface area contributed by atoms with Crippen molar-refractivity contribution in [1.29, 1.82) is 0 Å². The highest BCUT2D eigenvalue weighted by molar-refractivity contribution is 5.26. The van der Waals surface area contributed by atoms with Crippen LogP contribution in [0.3, 0.4) is 0 Å². The first-order valence-electron chi connectivity index (χ1n) is 8.93. The quantitative estimate of drug-likeness (QED) is 0.785. The molecule has 2 aromatic rings. The first kappa shape index (κ1) is 14.9. The molecule has 2 heteroatoms. The van der Waals surface area contributed by atoms with E-state index in [4.69, 9.17) is 4.74 Å². The smallest absolute Gasteiger partial charge is 0.185 e. The van der Waals surface area contributed by atoms with Crippen LogP contribution >= 0.6 is 0 Å². The molecular formula is C21H26NO+. The van der Waals surface area contributed by atoms with Gasteiger partial charge in [-0.3, -0.25) is 0 Å². The Hall–Kier alpha value is -1.67. The zero-order chi connectivity index (χ0) is 15.6. The number of rotatable bonds is 3. The van der Waals surface area contributed by atoms with Crippen LogP contribution < -0.4 is 4.57 Å². The van der Waals surface area contributed by atoms with E-state index in [1.165, 1.54) is 37.7 Å². The van der Waals surface area contributed by atoms with Crippen LogP contribution in [0.25, 0.3) is 0 Å². The van der Waals surface area contributed by atoms with Gasteiger partial charge in [-0.25, -0.2) is 0 Å². The topological polar surface area (TPSA) is 13.1 Å². The summed E-state index contributed by atoms with van der Waals surface area (Å²) in [6.45, 7) is 0.981. The van der Waals surface area contributed by atoms with E-state index < -0.39 is 0 Å². The van der Waals surface area contributed by atoms with Crippen molar-refractivity contribution in [1.82, 2.24) is 0 Å².